The van der Waals surface area contributed by atoms with Crippen molar-refractivity contribution < 1.29 is 0 Å². The zero-order valence-electron chi connectivity index (χ0n) is 29.9. The van der Waals surface area contributed by atoms with Gasteiger partial charge in [-0.05, 0) is 98.7 Å². The van der Waals surface area contributed by atoms with Gasteiger partial charge in [0.15, 0.2) is 0 Å². The Bertz CT molecular complexity index is 3480. The Morgan fingerprint density at radius 1 is 0.255 bits per heavy atom. The van der Waals surface area contributed by atoms with Crippen LogP contribution < -0.4 is 0 Å². The zero-order chi connectivity index (χ0) is 36.0. The molecule has 11 aromatic carbocycles. The average molecular weight is 713 g/mol. The number of benzene rings is 11. The quantitative estimate of drug-likeness (QED) is 0.126. The Hall–Kier alpha value is -6.80. The lowest BCUT2D eigenvalue weighted by Crippen LogP contribution is -1.92. The number of fused-ring (bicyclic) bond motifs is 13. The second-order valence-corrected chi connectivity index (χ2v) is 15.7. The summed E-state index contributed by atoms with van der Waals surface area (Å²) in [6.45, 7) is 0. The molecule has 0 aliphatic heterocycles. The highest BCUT2D eigenvalue weighted by molar-refractivity contribution is 7.27. The Morgan fingerprint density at radius 3 is 1.25 bits per heavy atom. The van der Waals surface area contributed by atoms with E-state index in [1.54, 1.807) is 0 Å². The predicted octanol–water partition coefficient (Wildman–Crippen LogP) is 16.0. The molecule has 12 aromatic rings. The third-order valence-electron chi connectivity index (χ3n) is 11.8. The standard InChI is InChI=1S/C54H32S/c1-2-16-33(17-3-1)50-42-25-11-13-27-44(42)51(45-28-14-12-26-43(45)50)46-31-30-39(34-18-4-5-19-35(34)46)48-32-49-52(40-23-9-7-22-38(40)48)53-41-24-10-6-20-36(41)37-21-8-15-29-47(37)54(53)55-49/h1-32H. The van der Waals surface area contributed by atoms with Crippen LogP contribution in [0.15, 0.2) is 194 Å². The third kappa shape index (κ3) is 4.39. The van der Waals surface area contributed by atoms with E-state index in [2.05, 4.69) is 194 Å². The fourth-order valence-electron chi connectivity index (χ4n) is 9.57. The second kappa shape index (κ2) is 11.9. The van der Waals surface area contributed by atoms with Crippen LogP contribution in [0.4, 0.5) is 0 Å². The largest absolute Gasteiger partial charge is 0.134 e. The summed E-state index contributed by atoms with van der Waals surface area (Å²) in [5.74, 6) is 0. The summed E-state index contributed by atoms with van der Waals surface area (Å²) in [7, 11) is 0. The third-order valence-corrected chi connectivity index (χ3v) is 13.0. The molecule has 0 aliphatic rings. The van der Waals surface area contributed by atoms with Gasteiger partial charge in [0.2, 0.25) is 0 Å². The maximum Gasteiger partial charge on any atom is 0.0440 e. The molecule has 0 radical (unpaired) electrons. The van der Waals surface area contributed by atoms with E-state index in [4.69, 9.17) is 0 Å². The molecule has 0 nitrogen and oxygen atoms in total. The van der Waals surface area contributed by atoms with Crippen molar-refractivity contribution in [2.75, 3.05) is 0 Å². The van der Waals surface area contributed by atoms with Crippen LogP contribution in [0.3, 0.4) is 0 Å². The molecule has 0 spiro atoms. The topological polar surface area (TPSA) is 0 Å². The fraction of sp³-hybridized carbons (Fsp3) is 0. The molecule has 55 heavy (non-hydrogen) atoms. The molecular weight excluding hydrogens is 681 g/mol. The van der Waals surface area contributed by atoms with Gasteiger partial charge in [0.1, 0.15) is 0 Å². The maximum absolute atomic E-state index is 2.48. The average Bonchev–Trinajstić information content (AvgIpc) is 3.66. The molecular formula is C54H32S. The molecule has 0 saturated heterocycles. The van der Waals surface area contributed by atoms with Crippen LogP contribution in [0.5, 0.6) is 0 Å². The van der Waals surface area contributed by atoms with Gasteiger partial charge >= 0.3 is 0 Å². The van der Waals surface area contributed by atoms with Crippen LogP contribution in [-0.4, -0.2) is 0 Å². The van der Waals surface area contributed by atoms with Gasteiger partial charge in [-0.3, -0.25) is 0 Å². The van der Waals surface area contributed by atoms with E-state index in [1.807, 2.05) is 11.3 Å². The monoisotopic (exact) mass is 712 g/mol. The first kappa shape index (κ1) is 30.6. The lowest BCUT2D eigenvalue weighted by molar-refractivity contribution is 1.66. The lowest BCUT2D eigenvalue weighted by atomic mass is 9.83. The first-order valence-electron chi connectivity index (χ1n) is 19.0. The van der Waals surface area contributed by atoms with Crippen molar-refractivity contribution in [3.8, 4) is 33.4 Å². The van der Waals surface area contributed by atoms with E-state index in [1.165, 1.54) is 118 Å². The predicted molar refractivity (Wildman–Crippen MR) is 241 cm³/mol. The molecule has 0 fully saturated rings. The molecule has 254 valence electrons. The summed E-state index contributed by atoms with van der Waals surface area (Å²) in [5.41, 5.74) is 7.62. The molecule has 0 saturated carbocycles. The number of rotatable bonds is 3. The molecule has 1 aromatic heterocycles. The van der Waals surface area contributed by atoms with Crippen LogP contribution in [0.1, 0.15) is 0 Å². The van der Waals surface area contributed by atoms with Gasteiger partial charge in [-0.2, -0.15) is 0 Å². The smallest absolute Gasteiger partial charge is 0.0440 e. The number of hydrogen-bond donors (Lipinski definition) is 0. The van der Waals surface area contributed by atoms with Crippen molar-refractivity contribution in [3.05, 3.63) is 194 Å². The van der Waals surface area contributed by atoms with Crippen molar-refractivity contribution >= 4 is 96.1 Å². The molecule has 0 bridgehead atoms. The Labute approximate surface area is 322 Å². The maximum atomic E-state index is 2.48. The van der Waals surface area contributed by atoms with Crippen LogP contribution >= 0.6 is 11.3 Å². The fourth-order valence-corrected chi connectivity index (χ4v) is 10.9. The zero-order valence-corrected chi connectivity index (χ0v) is 30.7. The molecule has 1 heteroatoms. The van der Waals surface area contributed by atoms with Crippen molar-refractivity contribution in [3.63, 3.8) is 0 Å². The van der Waals surface area contributed by atoms with Gasteiger partial charge in [-0.25, -0.2) is 0 Å². The van der Waals surface area contributed by atoms with E-state index in [0.29, 0.717) is 0 Å². The van der Waals surface area contributed by atoms with Gasteiger partial charge < -0.3 is 0 Å². The van der Waals surface area contributed by atoms with E-state index in [0.717, 1.165) is 0 Å². The van der Waals surface area contributed by atoms with E-state index >= 15 is 0 Å². The Morgan fingerprint density at radius 2 is 0.655 bits per heavy atom. The van der Waals surface area contributed by atoms with Gasteiger partial charge in [-0.1, -0.05) is 188 Å². The molecule has 0 unspecified atom stereocenters. The highest BCUT2D eigenvalue weighted by Gasteiger charge is 2.22. The Kier molecular flexibility index (Phi) is 6.60. The van der Waals surface area contributed by atoms with Gasteiger partial charge in [0.05, 0.1) is 0 Å². The van der Waals surface area contributed by atoms with Crippen molar-refractivity contribution in [1.29, 1.82) is 0 Å². The molecule has 1 heterocycles. The van der Waals surface area contributed by atoms with Crippen molar-refractivity contribution in [2.24, 2.45) is 0 Å². The summed E-state index contributed by atoms with van der Waals surface area (Å²) in [4.78, 5) is 0. The van der Waals surface area contributed by atoms with Crippen LogP contribution in [0, 0.1) is 0 Å². The van der Waals surface area contributed by atoms with Crippen molar-refractivity contribution in [1.82, 2.24) is 0 Å². The van der Waals surface area contributed by atoms with Crippen LogP contribution in [0.2, 0.25) is 0 Å². The summed E-state index contributed by atoms with van der Waals surface area (Å²) < 4.78 is 2.69. The SMILES string of the molecule is c1ccc(-c2c3ccccc3c(-c3ccc(-c4cc5sc6c7ccccc7c7ccccc7c6c5c5ccccc45)c4ccccc34)c3ccccc23)cc1. The molecule has 0 amide bonds. The molecule has 0 N–H and O–H groups in total. The normalized spacial score (nSPS) is 12.0. The van der Waals surface area contributed by atoms with E-state index < -0.39 is 0 Å². The van der Waals surface area contributed by atoms with Crippen LogP contribution in [-0.2, 0) is 0 Å². The van der Waals surface area contributed by atoms with Crippen LogP contribution in [0.25, 0.3) is 118 Å². The Balaban J connectivity index is 1.17. The number of thiophene rings is 1. The molecule has 0 atom stereocenters. The lowest BCUT2D eigenvalue weighted by Gasteiger charge is -2.20. The minimum atomic E-state index is 1.24. The van der Waals surface area contributed by atoms with E-state index in [-0.39, 0.29) is 0 Å². The van der Waals surface area contributed by atoms with Gasteiger partial charge in [-0.15, -0.1) is 11.3 Å². The van der Waals surface area contributed by atoms with Crippen molar-refractivity contribution in [2.45, 2.75) is 0 Å². The minimum Gasteiger partial charge on any atom is -0.134 e. The summed E-state index contributed by atoms with van der Waals surface area (Å²) in [5, 5.41) is 18.2. The molecule has 0 aliphatic carbocycles. The number of hydrogen-bond acceptors (Lipinski definition) is 1. The summed E-state index contributed by atoms with van der Waals surface area (Å²) in [6.07, 6.45) is 0. The second-order valence-electron chi connectivity index (χ2n) is 14.7. The highest BCUT2D eigenvalue weighted by Crippen LogP contribution is 2.50. The summed E-state index contributed by atoms with van der Waals surface area (Å²) in [6, 6.07) is 72.0. The summed E-state index contributed by atoms with van der Waals surface area (Å²) >= 11 is 1.94. The van der Waals surface area contributed by atoms with Gasteiger partial charge in [0, 0.05) is 25.6 Å². The molecule has 12 rings (SSSR count). The minimum absolute atomic E-state index is 1.24. The van der Waals surface area contributed by atoms with E-state index in [9.17, 15) is 0 Å². The van der Waals surface area contributed by atoms with Gasteiger partial charge in [0.25, 0.3) is 0 Å². The first-order chi connectivity index (χ1) is 27.3. The first-order valence-corrected chi connectivity index (χ1v) is 19.8. The highest BCUT2D eigenvalue weighted by atomic mass is 32.1.